The van der Waals surface area contributed by atoms with Crippen LogP contribution in [0.1, 0.15) is 17.5 Å². The summed E-state index contributed by atoms with van der Waals surface area (Å²) in [6.07, 6.45) is -0.705. The van der Waals surface area contributed by atoms with Crippen LogP contribution in [0.2, 0.25) is 0 Å². The quantitative estimate of drug-likeness (QED) is 0.840. The lowest BCUT2D eigenvalue weighted by atomic mass is 10.1. The molecule has 0 saturated carbocycles. The van der Waals surface area contributed by atoms with Crippen LogP contribution in [0.15, 0.2) is 24.3 Å². The molecule has 0 aliphatic heterocycles. The summed E-state index contributed by atoms with van der Waals surface area (Å²) in [5.41, 5.74) is 4.69. The van der Waals surface area contributed by atoms with Crippen LogP contribution >= 0.6 is 0 Å². The number of halogens is 3. The summed E-state index contributed by atoms with van der Waals surface area (Å²) in [5, 5.41) is 9.16. The van der Waals surface area contributed by atoms with Gasteiger partial charge in [-0.3, -0.25) is 0 Å². The second-order valence-electron chi connectivity index (χ2n) is 3.29. The Balaban J connectivity index is 2.99. The van der Waals surface area contributed by atoms with E-state index >= 15 is 0 Å². The summed E-state index contributed by atoms with van der Waals surface area (Å²) >= 11 is 0. The monoisotopic (exact) mass is 231 g/mol. The third-order valence-electron chi connectivity index (χ3n) is 1.91. The fourth-order valence-electron chi connectivity index (χ4n) is 1.21. The second-order valence-corrected chi connectivity index (χ2v) is 3.29. The maximum Gasteiger partial charge on any atom is 0.416 e. The highest BCUT2D eigenvalue weighted by Gasteiger charge is 2.31. The maximum absolute atomic E-state index is 12.4. The molecule has 0 aromatic heterocycles. The minimum absolute atomic E-state index is 0.306. The Kier molecular flexibility index (Phi) is 3.95. The number of hydrogen-bond acceptors (Lipinski definition) is 2. The van der Waals surface area contributed by atoms with Gasteiger partial charge in [-0.2, -0.15) is 13.2 Å². The molecule has 0 saturated heterocycles. The number of nitrogens with two attached hydrogens (primary N) is 1. The van der Waals surface area contributed by atoms with Crippen molar-refractivity contribution in [1.29, 1.82) is 0 Å². The average Bonchev–Trinajstić information content (AvgIpc) is 2.16. The number of phenols is 1. The molecule has 0 atom stereocenters. The molecule has 88 valence electrons. The standard InChI is InChI=1S/C11H12F3NO/c12-11(13,14)9-5-8(3-1-2-4-15)6-10(16)7-9/h1,3,5-7,16H,2,4,15H2. The van der Waals surface area contributed by atoms with Crippen LogP contribution in [-0.4, -0.2) is 11.7 Å². The summed E-state index contributed by atoms with van der Waals surface area (Å²) in [7, 11) is 0. The second kappa shape index (κ2) is 5.03. The van der Waals surface area contributed by atoms with Gasteiger partial charge in [-0.05, 0) is 36.7 Å². The molecule has 1 aromatic carbocycles. The molecule has 16 heavy (non-hydrogen) atoms. The van der Waals surface area contributed by atoms with Crippen molar-refractivity contribution in [2.75, 3.05) is 6.54 Å². The van der Waals surface area contributed by atoms with Gasteiger partial charge in [-0.1, -0.05) is 12.2 Å². The molecule has 0 aliphatic carbocycles. The normalized spacial score (nSPS) is 12.2. The van der Waals surface area contributed by atoms with E-state index in [4.69, 9.17) is 10.8 Å². The Morgan fingerprint density at radius 1 is 1.25 bits per heavy atom. The molecule has 0 amide bonds. The third kappa shape index (κ3) is 3.58. The van der Waals surface area contributed by atoms with Crippen LogP contribution in [0, 0.1) is 0 Å². The molecule has 1 aromatic rings. The molecule has 0 heterocycles. The van der Waals surface area contributed by atoms with Crippen molar-refractivity contribution in [1.82, 2.24) is 0 Å². The van der Waals surface area contributed by atoms with Crippen molar-refractivity contribution >= 4 is 6.08 Å². The fraction of sp³-hybridized carbons (Fsp3) is 0.273. The lowest BCUT2D eigenvalue weighted by Crippen LogP contribution is -2.04. The Bertz CT molecular complexity index is 385. The molecule has 3 N–H and O–H groups in total. The number of aromatic hydroxyl groups is 1. The van der Waals surface area contributed by atoms with Crippen LogP contribution in [0.4, 0.5) is 13.2 Å². The van der Waals surface area contributed by atoms with Crippen molar-refractivity contribution in [2.45, 2.75) is 12.6 Å². The summed E-state index contributed by atoms with van der Waals surface area (Å²) in [6, 6.07) is 2.94. The van der Waals surface area contributed by atoms with Crippen LogP contribution in [-0.2, 0) is 6.18 Å². The minimum atomic E-state index is -4.45. The molecule has 0 aliphatic rings. The van der Waals surface area contributed by atoms with Crippen LogP contribution in [0.3, 0.4) is 0 Å². The summed E-state index contributed by atoms with van der Waals surface area (Å²) in [4.78, 5) is 0. The van der Waals surface area contributed by atoms with E-state index in [0.717, 1.165) is 6.07 Å². The van der Waals surface area contributed by atoms with Crippen molar-refractivity contribution in [2.24, 2.45) is 5.73 Å². The van der Waals surface area contributed by atoms with E-state index in [2.05, 4.69) is 0 Å². The van der Waals surface area contributed by atoms with Gasteiger partial charge in [-0.25, -0.2) is 0 Å². The third-order valence-corrected chi connectivity index (χ3v) is 1.91. The highest BCUT2D eigenvalue weighted by molar-refractivity contribution is 5.53. The smallest absolute Gasteiger partial charge is 0.416 e. The molecule has 0 bridgehead atoms. The molecule has 1 rings (SSSR count). The largest absolute Gasteiger partial charge is 0.508 e. The molecular weight excluding hydrogens is 219 g/mol. The van der Waals surface area contributed by atoms with Crippen molar-refractivity contribution in [3.05, 3.63) is 35.4 Å². The van der Waals surface area contributed by atoms with Crippen molar-refractivity contribution in [3.63, 3.8) is 0 Å². The van der Waals surface area contributed by atoms with Gasteiger partial charge in [0.05, 0.1) is 5.56 Å². The first kappa shape index (κ1) is 12.6. The van der Waals surface area contributed by atoms with Gasteiger partial charge >= 0.3 is 6.18 Å². The van der Waals surface area contributed by atoms with Gasteiger partial charge in [0.15, 0.2) is 0 Å². The zero-order valence-electron chi connectivity index (χ0n) is 8.46. The van der Waals surface area contributed by atoms with E-state index in [1.807, 2.05) is 0 Å². The first-order valence-electron chi connectivity index (χ1n) is 4.71. The van der Waals surface area contributed by atoms with Gasteiger partial charge in [0.25, 0.3) is 0 Å². The van der Waals surface area contributed by atoms with E-state index < -0.39 is 17.5 Å². The average molecular weight is 231 g/mol. The number of rotatable bonds is 3. The minimum Gasteiger partial charge on any atom is -0.508 e. The Morgan fingerprint density at radius 2 is 1.94 bits per heavy atom. The highest BCUT2D eigenvalue weighted by Crippen LogP contribution is 2.32. The summed E-state index contributed by atoms with van der Waals surface area (Å²) in [5.74, 6) is -0.401. The van der Waals surface area contributed by atoms with Gasteiger partial charge in [0.1, 0.15) is 5.75 Å². The topological polar surface area (TPSA) is 46.2 Å². The van der Waals surface area contributed by atoms with Crippen LogP contribution < -0.4 is 5.73 Å². The van der Waals surface area contributed by atoms with E-state index in [1.165, 1.54) is 12.1 Å². The Morgan fingerprint density at radius 3 is 2.50 bits per heavy atom. The van der Waals surface area contributed by atoms with Crippen LogP contribution in [0.25, 0.3) is 6.08 Å². The molecule has 0 spiro atoms. The summed E-state index contributed by atoms with van der Waals surface area (Å²) < 4.78 is 37.1. The highest BCUT2D eigenvalue weighted by atomic mass is 19.4. The van der Waals surface area contributed by atoms with Crippen molar-refractivity contribution < 1.29 is 18.3 Å². The summed E-state index contributed by atoms with van der Waals surface area (Å²) in [6.45, 7) is 0.432. The number of benzene rings is 1. The zero-order valence-corrected chi connectivity index (χ0v) is 8.46. The van der Waals surface area contributed by atoms with Crippen LogP contribution in [0.5, 0.6) is 5.75 Å². The predicted molar refractivity (Wildman–Crippen MR) is 55.8 cm³/mol. The number of alkyl halides is 3. The Labute approximate surface area is 91.2 Å². The SMILES string of the molecule is NCCC=Cc1cc(O)cc(C(F)(F)F)c1. The first-order chi connectivity index (χ1) is 7.43. The van der Waals surface area contributed by atoms with E-state index in [-0.39, 0.29) is 0 Å². The fourth-order valence-corrected chi connectivity index (χ4v) is 1.21. The lowest BCUT2D eigenvalue weighted by molar-refractivity contribution is -0.137. The van der Waals surface area contributed by atoms with Gasteiger partial charge in [0.2, 0.25) is 0 Å². The molecule has 2 nitrogen and oxygen atoms in total. The van der Waals surface area contributed by atoms with E-state index in [9.17, 15) is 13.2 Å². The molecule has 5 heteroatoms. The predicted octanol–water partition coefficient (Wildman–Crippen LogP) is 2.77. The number of hydrogen-bond donors (Lipinski definition) is 2. The first-order valence-corrected chi connectivity index (χ1v) is 4.71. The van der Waals surface area contributed by atoms with Crippen molar-refractivity contribution in [3.8, 4) is 5.75 Å². The molecule has 0 fully saturated rings. The van der Waals surface area contributed by atoms with Gasteiger partial charge in [0, 0.05) is 0 Å². The van der Waals surface area contributed by atoms with Gasteiger partial charge in [-0.15, -0.1) is 0 Å². The maximum atomic E-state index is 12.4. The lowest BCUT2D eigenvalue weighted by Gasteiger charge is -2.08. The molecule has 0 radical (unpaired) electrons. The number of phenolic OH excluding ortho intramolecular Hbond substituents is 1. The van der Waals surface area contributed by atoms with E-state index in [0.29, 0.717) is 24.6 Å². The Hall–Kier alpha value is -1.49. The zero-order chi connectivity index (χ0) is 12.2. The molecular formula is C11H12F3NO. The van der Waals surface area contributed by atoms with Gasteiger partial charge < -0.3 is 10.8 Å². The molecule has 0 unspecified atom stereocenters. The van der Waals surface area contributed by atoms with E-state index in [1.54, 1.807) is 6.08 Å².